The maximum absolute atomic E-state index is 5.69. The summed E-state index contributed by atoms with van der Waals surface area (Å²) in [5.74, 6) is 0.391. The molecule has 4 nitrogen and oxygen atoms in total. The average molecular weight is 230 g/mol. The molecule has 2 fully saturated rings. The summed E-state index contributed by atoms with van der Waals surface area (Å²) in [6.07, 6.45) is 0.713. The Kier molecular flexibility index (Phi) is 3.85. The maximum Gasteiger partial charge on any atom is 0.158 e. The summed E-state index contributed by atoms with van der Waals surface area (Å²) >= 11 is 0. The Morgan fingerprint density at radius 1 is 1.00 bits per heavy atom. The van der Waals surface area contributed by atoms with Gasteiger partial charge < -0.3 is 18.9 Å². The zero-order valence-corrected chi connectivity index (χ0v) is 10.4. The van der Waals surface area contributed by atoms with Gasteiger partial charge in [0.2, 0.25) is 0 Å². The van der Waals surface area contributed by atoms with Gasteiger partial charge in [0.25, 0.3) is 0 Å². The summed E-state index contributed by atoms with van der Waals surface area (Å²) < 4.78 is 22.3. The highest BCUT2D eigenvalue weighted by atomic mass is 16.7. The molecule has 2 rings (SSSR count). The van der Waals surface area contributed by atoms with Gasteiger partial charge >= 0.3 is 0 Å². The molecule has 4 heteroatoms. The van der Waals surface area contributed by atoms with Crippen LogP contribution in [0.4, 0.5) is 0 Å². The zero-order valence-electron chi connectivity index (χ0n) is 10.4. The van der Waals surface area contributed by atoms with Crippen molar-refractivity contribution in [3.8, 4) is 0 Å². The van der Waals surface area contributed by atoms with Crippen LogP contribution in [0.3, 0.4) is 0 Å². The minimum atomic E-state index is -0.0846. The number of hydrogen-bond donors (Lipinski definition) is 0. The normalized spacial score (nSPS) is 36.2. The molecule has 0 aromatic rings. The van der Waals surface area contributed by atoms with E-state index >= 15 is 0 Å². The van der Waals surface area contributed by atoms with Gasteiger partial charge in [-0.1, -0.05) is 13.8 Å². The SMILES string of the molecule is CC1OCC(CC2OCC(C)(C)CO2)CO1. The summed E-state index contributed by atoms with van der Waals surface area (Å²) in [4.78, 5) is 0. The van der Waals surface area contributed by atoms with E-state index in [1.165, 1.54) is 0 Å². The van der Waals surface area contributed by atoms with Crippen LogP contribution in [0.5, 0.6) is 0 Å². The molecule has 2 aliphatic heterocycles. The highest BCUT2D eigenvalue weighted by Crippen LogP contribution is 2.26. The molecule has 2 heterocycles. The summed E-state index contributed by atoms with van der Waals surface area (Å²) in [6, 6.07) is 0. The summed E-state index contributed by atoms with van der Waals surface area (Å²) in [5, 5.41) is 0. The monoisotopic (exact) mass is 230 g/mol. The van der Waals surface area contributed by atoms with Crippen LogP contribution >= 0.6 is 0 Å². The van der Waals surface area contributed by atoms with E-state index < -0.39 is 0 Å². The van der Waals surface area contributed by atoms with Gasteiger partial charge in [0.15, 0.2) is 12.6 Å². The summed E-state index contributed by atoms with van der Waals surface area (Å²) in [5.41, 5.74) is 0.143. The maximum atomic E-state index is 5.69. The second-order valence-electron chi connectivity index (χ2n) is 5.55. The van der Waals surface area contributed by atoms with Crippen LogP contribution in [0, 0.1) is 11.3 Å². The molecule has 0 bridgehead atoms. The van der Waals surface area contributed by atoms with E-state index in [-0.39, 0.29) is 18.0 Å². The zero-order chi connectivity index (χ0) is 11.6. The van der Waals surface area contributed by atoms with Crippen molar-refractivity contribution in [2.75, 3.05) is 26.4 Å². The molecule has 94 valence electrons. The Morgan fingerprint density at radius 2 is 1.56 bits per heavy atom. The second-order valence-corrected chi connectivity index (χ2v) is 5.55. The summed E-state index contributed by atoms with van der Waals surface area (Å²) in [7, 11) is 0. The van der Waals surface area contributed by atoms with Gasteiger partial charge in [-0.2, -0.15) is 0 Å². The molecule has 0 radical (unpaired) electrons. The minimum absolute atomic E-state index is 0.0663. The first kappa shape index (κ1) is 12.3. The van der Waals surface area contributed by atoms with E-state index in [2.05, 4.69) is 13.8 Å². The van der Waals surface area contributed by atoms with Gasteiger partial charge in [-0.05, 0) is 6.92 Å². The van der Waals surface area contributed by atoms with Crippen molar-refractivity contribution in [2.45, 2.75) is 39.8 Å². The van der Waals surface area contributed by atoms with E-state index in [1.807, 2.05) is 6.92 Å². The van der Waals surface area contributed by atoms with Crippen molar-refractivity contribution in [2.24, 2.45) is 11.3 Å². The Hall–Kier alpha value is -0.160. The quantitative estimate of drug-likeness (QED) is 0.724. The van der Waals surface area contributed by atoms with Crippen molar-refractivity contribution in [3.05, 3.63) is 0 Å². The lowest BCUT2D eigenvalue weighted by Gasteiger charge is -2.37. The van der Waals surface area contributed by atoms with Crippen LogP contribution < -0.4 is 0 Å². The fraction of sp³-hybridized carbons (Fsp3) is 1.00. The molecule has 0 amide bonds. The molecule has 0 aromatic carbocycles. The Bertz CT molecular complexity index is 211. The first-order valence-electron chi connectivity index (χ1n) is 6.01. The lowest BCUT2D eigenvalue weighted by atomic mass is 9.95. The Balaban J connectivity index is 1.71. The third-order valence-corrected chi connectivity index (χ3v) is 2.98. The third kappa shape index (κ3) is 3.42. The fourth-order valence-corrected chi connectivity index (χ4v) is 1.91. The van der Waals surface area contributed by atoms with Crippen LogP contribution in [0.1, 0.15) is 27.2 Å². The minimum Gasteiger partial charge on any atom is -0.353 e. The second kappa shape index (κ2) is 5.00. The number of ether oxygens (including phenoxy) is 4. The van der Waals surface area contributed by atoms with E-state index in [0.717, 1.165) is 32.8 Å². The highest BCUT2D eigenvalue weighted by Gasteiger charge is 2.31. The largest absolute Gasteiger partial charge is 0.353 e. The van der Waals surface area contributed by atoms with Gasteiger partial charge in [0, 0.05) is 17.8 Å². The number of rotatable bonds is 2. The van der Waals surface area contributed by atoms with E-state index in [4.69, 9.17) is 18.9 Å². The predicted octanol–water partition coefficient (Wildman–Crippen LogP) is 1.78. The van der Waals surface area contributed by atoms with Gasteiger partial charge in [-0.15, -0.1) is 0 Å². The van der Waals surface area contributed by atoms with Gasteiger partial charge in [0.05, 0.1) is 26.4 Å². The van der Waals surface area contributed by atoms with Crippen molar-refractivity contribution in [1.29, 1.82) is 0 Å². The van der Waals surface area contributed by atoms with E-state index in [9.17, 15) is 0 Å². The van der Waals surface area contributed by atoms with Crippen molar-refractivity contribution < 1.29 is 18.9 Å². The first-order chi connectivity index (χ1) is 7.55. The Labute approximate surface area is 97.2 Å². The summed E-state index contributed by atoms with van der Waals surface area (Å²) in [6.45, 7) is 9.24. The molecule has 0 unspecified atom stereocenters. The smallest absolute Gasteiger partial charge is 0.158 e. The lowest BCUT2D eigenvalue weighted by Crippen LogP contribution is -2.40. The van der Waals surface area contributed by atoms with Crippen molar-refractivity contribution in [3.63, 3.8) is 0 Å². The molecule has 0 N–H and O–H groups in total. The molecule has 16 heavy (non-hydrogen) atoms. The fourth-order valence-electron chi connectivity index (χ4n) is 1.91. The third-order valence-electron chi connectivity index (χ3n) is 2.98. The van der Waals surface area contributed by atoms with Crippen molar-refractivity contribution in [1.82, 2.24) is 0 Å². The molecule has 0 aliphatic carbocycles. The van der Waals surface area contributed by atoms with Crippen molar-refractivity contribution >= 4 is 0 Å². The molecule has 0 atom stereocenters. The topological polar surface area (TPSA) is 36.9 Å². The van der Waals surface area contributed by atoms with Gasteiger partial charge in [0.1, 0.15) is 0 Å². The first-order valence-corrected chi connectivity index (χ1v) is 6.01. The average Bonchev–Trinajstić information content (AvgIpc) is 2.24. The van der Waals surface area contributed by atoms with Crippen LogP contribution in [0.2, 0.25) is 0 Å². The van der Waals surface area contributed by atoms with Crippen LogP contribution in [-0.2, 0) is 18.9 Å². The van der Waals surface area contributed by atoms with E-state index in [0.29, 0.717) is 5.92 Å². The number of hydrogen-bond acceptors (Lipinski definition) is 4. The standard InChI is InChI=1S/C12H22O4/c1-9-13-5-10(6-14-9)4-11-15-7-12(2,3)8-16-11/h9-11H,4-8H2,1-3H3. The molecule has 2 aliphatic rings. The van der Waals surface area contributed by atoms with Gasteiger partial charge in [-0.25, -0.2) is 0 Å². The lowest BCUT2D eigenvalue weighted by molar-refractivity contribution is -0.245. The highest BCUT2D eigenvalue weighted by molar-refractivity contribution is 4.73. The van der Waals surface area contributed by atoms with Gasteiger partial charge in [-0.3, -0.25) is 0 Å². The molecular formula is C12H22O4. The Morgan fingerprint density at radius 3 is 2.12 bits per heavy atom. The van der Waals surface area contributed by atoms with Crippen LogP contribution in [0.25, 0.3) is 0 Å². The molecule has 0 spiro atoms. The van der Waals surface area contributed by atoms with Crippen LogP contribution in [0.15, 0.2) is 0 Å². The molecule has 0 aromatic heterocycles. The van der Waals surface area contributed by atoms with E-state index in [1.54, 1.807) is 0 Å². The molecule has 0 saturated carbocycles. The van der Waals surface area contributed by atoms with Crippen LogP contribution in [-0.4, -0.2) is 39.0 Å². The predicted molar refractivity (Wildman–Crippen MR) is 58.9 cm³/mol. The molecular weight excluding hydrogens is 208 g/mol. The molecule has 2 saturated heterocycles.